The van der Waals surface area contributed by atoms with Crippen LogP contribution in [0.5, 0.6) is 11.5 Å². The Kier molecular flexibility index (Phi) is 5.71. The highest BCUT2D eigenvalue weighted by atomic mass is 16.5. The number of aromatic hydroxyl groups is 1. The van der Waals surface area contributed by atoms with E-state index in [1.54, 1.807) is 42.5 Å². The van der Waals surface area contributed by atoms with Gasteiger partial charge in [-0.15, -0.1) is 0 Å². The van der Waals surface area contributed by atoms with Gasteiger partial charge < -0.3 is 14.9 Å². The molecule has 3 N–H and O–H groups in total. The number of hydrogen-bond donors (Lipinski definition) is 3. The van der Waals surface area contributed by atoms with Gasteiger partial charge in [0.15, 0.2) is 6.10 Å². The summed E-state index contributed by atoms with van der Waals surface area (Å²) in [5, 5.41) is 23.5. The van der Waals surface area contributed by atoms with Crippen LogP contribution in [0.15, 0.2) is 53.6 Å². The van der Waals surface area contributed by atoms with Gasteiger partial charge in [-0.05, 0) is 24.6 Å². The summed E-state index contributed by atoms with van der Waals surface area (Å²) in [6.45, 7) is 2.35. The van der Waals surface area contributed by atoms with E-state index in [4.69, 9.17) is 4.74 Å². The summed E-state index contributed by atoms with van der Waals surface area (Å²) in [6, 6.07) is 13.3. The summed E-state index contributed by atoms with van der Waals surface area (Å²) in [5.41, 5.74) is 3.13. The molecular formula is C17H18N2O4. The first-order chi connectivity index (χ1) is 11.1. The van der Waals surface area contributed by atoms with Gasteiger partial charge in [0.1, 0.15) is 11.5 Å². The Hall–Kier alpha value is -2.86. The van der Waals surface area contributed by atoms with Crippen LogP contribution in [-0.2, 0) is 4.79 Å². The third-order valence-electron chi connectivity index (χ3n) is 3.05. The summed E-state index contributed by atoms with van der Waals surface area (Å²) < 4.78 is 5.26. The normalized spacial score (nSPS) is 12.1. The lowest BCUT2D eigenvalue weighted by molar-refractivity contribution is -0.129. The molecule has 0 saturated heterocycles. The largest absolute Gasteiger partial charge is 0.507 e. The van der Waals surface area contributed by atoms with Gasteiger partial charge in [-0.3, -0.25) is 4.79 Å². The second-order valence-corrected chi connectivity index (χ2v) is 4.70. The molecule has 2 rings (SSSR count). The van der Waals surface area contributed by atoms with Crippen molar-refractivity contribution in [3.63, 3.8) is 0 Å². The molecule has 1 atom stereocenters. The van der Waals surface area contributed by atoms with Crippen LogP contribution in [0.3, 0.4) is 0 Å². The zero-order valence-electron chi connectivity index (χ0n) is 12.6. The number of carbonyl (C=O) groups is 1. The van der Waals surface area contributed by atoms with Gasteiger partial charge >= 0.3 is 0 Å². The van der Waals surface area contributed by atoms with Crippen molar-refractivity contribution in [1.29, 1.82) is 0 Å². The molecule has 2 aromatic rings. The van der Waals surface area contributed by atoms with Gasteiger partial charge in [0.2, 0.25) is 0 Å². The fourth-order valence-electron chi connectivity index (χ4n) is 1.90. The molecule has 2 aromatic carbocycles. The lowest BCUT2D eigenvalue weighted by Gasteiger charge is -2.08. The van der Waals surface area contributed by atoms with Crippen LogP contribution in [0.1, 0.15) is 24.2 Å². The van der Waals surface area contributed by atoms with Crippen LogP contribution in [0.4, 0.5) is 0 Å². The van der Waals surface area contributed by atoms with Crippen LogP contribution in [-0.4, -0.2) is 28.9 Å². The number of hydrazone groups is 1. The van der Waals surface area contributed by atoms with Crippen LogP contribution in [0, 0.1) is 0 Å². The Labute approximate surface area is 134 Å². The predicted molar refractivity (Wildman–Crippen MR) is 86.4 cm³/mol. The Morgan fingerprint density at radius 1 is 1.30 bits per heavy atom. The highest BCUT2D eigenvalue weighted by Crippen LogP contribution is 2.22. The van der Waals surface area contributed by atoms with Gasteiger partial charge in [0.05, 0.1) is 12.8 Å². The third-order valence-corrected chi connectivity index (χ3v) is 3.05. The molecule has 6 heteroatoms. The Morgan fingerprint density at radius 3 is 2.70 bits per heavy atom. The first-order valence-corrected chi connectivity index (χ1v) is 7.13. The minimum Gasteiger partial charge on any atom is -0.507 e. The standard InChI is InChI=1S/C17H18N2O4/c1-2-23-14-9-8-13(15(20)10-14)11-18-19-17(22)16(21)12-6-4-3-5-7-12/h3-11,16,20-21H,2H2,1H3,(H,19,22)/b18-11+. The van der Waals surface area contributed by atoms with Crippen LogP contribution < -0.4 is 10.2 Å². The molecule has 23 heavy (non-hydrogen) atoms. The number of amides is 1. The lowest BCUT2D eigenvalue weighted by Crippen LogP contribution is -2.25. The summed E-state index contributed by atoms with van der Waals surface area (Å²) in [4.78, 5) is 11.8. The first kappa shape index (κ1) is 16.5. The molecular weight excluding hydrogens is 296 g/mol. The van der Waals surface area contributed by atoms with E-state index in [1.165, 1.54) is 12.3 Å². The van der Waals surface area contributed by atoms with Crippen molar-refractivity contribution in [1.82, 2.24) is 5.43 Å². The topological polar surface area (TPSA) is 91.2 Å². The number of phenols is 1. The smallest absolute Gasteiger partial charge is 0.273 e. The van der Waals surface area contributed by atoms with Crippen LogP contribution in [0.25, 0.3) is 0 Å². The number of phenolic OH excluding ortho intramolecular Hbond substituents is 1. The second-order valence-electron chi connectivity index (χ2n) is 4.70. The molecule has 0 saturated carbocycles. The van der Waals surface area contributed by atoms with Gasteiger partial charge in [0.25, 0.3) is 5.91 Å². The summed E-state index contributed by atoms with van der Waals surface area (Å²) in [5.74, 6) is -0.124. The molecule has 120 valence electrons. The van der Waals surface area contributed by atoms with E-state index in [1.807, 2.05) is 6.92 Å². The number of benzene rings is 2. The summed E-state index contributed by atoms with van der Waals surface area (Å²) in [7, 11) is 0. The maximum Gasteiger partial charge on any atom is 0.273 e. The SMILES string of the molecule is CCOc1ccc(/C=N/NC(=O)C(O)c2ccccc2)c(O)c1. The van der Waals surface area contributed by atoms with Crippen molar-refractivity contribution in [3.8, 4) is 11.5 Å². The number of carbonyl (C=O) groups excluding carboxylic acids is 1. The second kappa shape index (κ2) is 7.95. The van der Waals surface area contributed by atoms with Crippen LogP contribution in [0.2, 0.25) is 0 Å². The highest BCUT2D eigenvalue weighted by Gasteiger charge is 2.15. The number of aliphatic hydroxyl groups excluding tert-OH is 1. The Morgan fingerprint density at radius 2 is 2.04 bits per heavy atom. The highest BCUT2D eigenvalue weighted by molar-refractivity contribution is 5.86. The average molecular weight is 314 g/mol. The van der Waals surface area contributed by atoms with E-state index in [-0.39, 0.29) is 5.75 Å². The van der Waals surface area contributed by atoms with Crippen molar-refractivity contribution in [2.75, 3.05) is 6.61 Å². The Balaban J connectivity index is 1.97. The molecule has 6 nitrogen and oxygen atoms in total. The monoisotopic (exact) mass is 314 g/mol. The number of ether oxygens (including phenoxy) is 1. The van der Waals surface area contributed by atoms with E-state index < -0.39 is 12.0 Å². The van der Waals surface area contributed by atoms with E-state index in [0.29, 0.717) is 23.5 Å². The average Bonchev–Trinajstić information content (AvgIpc) is 2.57. The number of nitrogens with zero attached hydrogens (tertiary/aromatic N) is 1. The summed E-state index contributed by atoms with van der Waals surface area (Å²) >= 11 is 0. The van der Waals surface area contributed by atoms with Crippen molar-refractivity contribution < 1.29 is 19.7 Å². The first-order valence-electron chi connectivity index (χ1n) is 7.13. The quantitative estimate of drug-likeness (QED) is 0.561. The zero-order chi connectivity index (χ0) is 16.7. The molecule has 1 unspecified atom stereocenters. The van der Waals surface area contributed by atoms with E-state index in [9.17, 15) is 15.0 Å². The molecule has 0 fully saturated rings. The molecule has 0 aliphatic rings. The number of nitrogens with one attached hydrogen (secondary N) is 1. The molecule has 1 amide bonds. The van der Waals surface area contributed by atoms with Crippen molar-refractivity contribution in [2.45, 2.75) is 13.0 Å². The number of hydrogen-bond acceptors (Lipinski definition) is 5. The van der Waals surface area contributed by atoms with Crippen molar-refractivity contribution in [3.05, 3.63) is 59.7 Å². The Bertz CT molecular complexity index is 686. The third kappa shape index (κ3) is 4.55. The number of rotatable bonds is 6. The van der Waals surface area contributed by atoms with Gasteiger partial charge in [-0.2, -0.15) is 5.10 Å². The molecule has 0 aromatic heterocycles. The minimum atomic E-state index is -1.30. The lowest BCUT2D eigenvalue weighted by atomic mass is 10.1. The van der Waals surface area contributed by atoms with Crippen molar-refractivity contribution in [2.24, 2.45) is 5.10 Å². The van der Waals surface area contributed by atoms with Gasteiger partial charge in [-0.1, -0.05) is 30.3 Å². The minimum absolute atomic E-state index is 0.0162. The maximum absolute atomic E-state index is 11.8. The fourth-order valence-corrected chi connectivity index (χ4v) is 1.90. The van der Waals surface area contributed by atoms with E-state index in [2.05, 4.69) is 10.5 Å². The van der Waals surface area contributed by atoms with Crippen LogP contribution >= 0.6 is 0 Å². The predicted octanol–water partition coefficient (Wildman–Crippen LogP) is 1.97. The number of aliphatic hydroxyl groups is 1. The molecule has 0 radical (unpaired) electrons. The molecule has 0 aliphatic heterocycles. The van der Waals surface area contributed by atoms with Gasteiger partial charge in [-0.25, -0.2) is 5.43 Å². The molecule has 0 bridgehead atoms. The fraction of sp³-hybridized carbons (Fsp3) is 0.176. The van der Waals surface area contributed by atoms with Crippen molar-refractivity contribution >= 4 is 12.1 Å². The maximum atomic E-state index is 11.8. The molecule has 0 heterocycles. The zero-order valence-corrected chi connectivity index (χ0v) is 12.6. The summed E-state index contributed by atoms with van der Waals surface area (Å²) in [6.07, 6.45) is -0.0111. The van der Waals surface area contributed by atoms with E-state index in [0.717, 1.165) is 0 Å². The van der Waals surface area contributed by atoms with Gasteiger partial charge in [0, 0.05) is 11.6 Å². The molecule has 0 spiro atoms. The van der Waals surface area contributed by atoms with E-state index >= 15 is 0 Å². The molecule has 0 aliphatic carbocycles.